The summed E-state index contributed by atoms with van der Waals surface area (Å²) >= 11 is 0. The number of hydrogen-bond acceptors (Lipinski definition) is 5. The molecule has 4 rings (SSSR count). The van der Waals surface area contributed by atoms with Gasteiger partial charge in [0, 0.05) is 13.0 Å². The van der Waals surface area contributed by atoms with Gasteiger partial charge in [-0.2, -0.15) is 0 Å². The molecule has 0 radical (unpaired) electrons. The summed E-state index contributed by atoms with van der Waals surface area (Å²) in [5.74, 6) is 0.905. The van der Waals surface area contributed by atoms with E-state index in [1.54, 1.807) is 18.2 Å². The van der Waals surface area contributed by atoms with Crippen LogP contribution in [0.15, 0.2) is 66.7 Å². The molecule has 1 aliphatic rings. The third-order valence-corrected chi connectivity index (χ3v) is 5.55. The molecule has 34 heavy (non-hydrogen) atoms. The second-order valence-corrected chi connectivity index (χ2v) is 8.18. The summed E-state index contributed by atoms with van der Waals surface area (Å²) in [7, 11) is 1.31. The lowest BCUT2D eigenvalue weighted by molar-refractivity contribution is 0.0600. The van der Waals surface area contributed by atoms with Gasteiger partial charge in [0.05, 0.1) is 18.4 Å². The zero-order valence-corrected chi connectivity index (χ0v) is 19.3. The van der Waals surface area contributed by atoms with Gasteiger partial charge in [-0.25, -0.2) is 9.59 Å². The van der Waals surface area contributed by atoms with Crippen LogP contribution in [0.1, 0.15) is 34.0 Å². The molecule has 7 nitrogen and oxygen atoms in total. The van der Waals surface area contributed by atoms with Crippen LogP contribution in [0.25, 0.3) is 0 Å². The number of rotatable bonds is 8. The smallest absolute Gasteiger partial charge is 0.337 e. The molecular weight excluding hydrogens is 432 g/mol. The number of methoxy groups -OCH3 is 1. The number of carbonyl (C=O) groups excluding carboxylic acids is 2. The Balaban J connectivity index is 1.37. The lowest BCUT2D eigenvalue weighted by atomic mass is 10.1. The van der Waals surface area contributed by atoms with Gasteiger partial charge in [0.15, 0.2) is 0 Å². The van der Waals surface area contributed by atoms with Crippen LogP contribution < -0.4 is 20.1 Å². The molecule has 2 N–H and O–H groups in total. The standard InChI is InChI=1S/C27H28N2O5/c1-18-14-22-15-19(8-10-24(22)34-18)12-13-28-27(31)29-23-16-21(26(30)32-2)9-11-25(23)33-17-20-6-4-3-5-7-20/h3-11,15-16,18H,12-14,17H2,1-2H3,(H2,28,29,31). The summed E-state index contributed by atoms with van der Waals surface area (Å²) in [4.78, 5) is 24.6. The van der Waals surface area contributed by atoms with Crippen molar-refractivity contribution < 1.29 is 23.8 Å². The highest BCUT2D eigenvalue weighted by Gasteiger charge is 2.19. The molecule has 2 amide bonds. The van der Waals surface area contributed by atoms with Crippen LogP contribution in [-0.4, -0.2) is 31.8 Å². The molecule has 0 aliphatic carbocycles. The van der Waals surface area contributed by atoms with E-state index < -0.39 is 5.97 Å². The number of fused-ring (bicyclic) bond motifs is 1. The summed E-state index contributed by atoms with van der Waals surface area (Å²) in [5, 5.41) is 5.66. The van der Waals surface area contributed by atoms with Crippen LogP contribution >= 0.6 is 0 Å². The third kappa shape index (κ3) is 5.86. The van der Waals surface area contributed by atoms with Crippen molar-refractivity contribution >= 4 is 17.7 Å². The Kier molecular flexibility index (Phi) is 7.32. The number of benzene rings is 3. The van der Waals surface area contributed by atoms with E-state index in [0.717, 1.165) is 23.3 Å². The van der Waals surface area contributed by atoms with E-state index in [4.69, 9.17) is 14.2 Å². The van der Waals surface area contributed by atoms with Crippen LogP contribution in [0.2, 0.25) is 0 Å². The fraction of sp³-hybridized carbons (Fsp3) is 0.259. The molecule has 0 fully saturated rings. The normalized spacial score (nSPS) is 14.0. The number of esters is 1. The summed E-state index contributed by atoms with van der Waals surface area (Å²) in [6, 6.07) is 20.3. The number of ether oxygens (including phenoxy) is 3. The molecule has 1 aliphatic heterocycles. The average molecular weight is 461 g/mol. The van der Waals surface area contributed by atoms with Gasteiger partial charge >= 0.3 is 12.0 Å². The molecule has 0 saturated heterocycles. The van der Waals surface area contributed by atoms with Crippen molar-refractivity contribution in [2.75, 3.05) is 19.0 Å². The molecule has 1 heterocycles. The quantitative estimate of drug-likeness (QED) is 0.474. The molecule has 0 saturated carbocycles. The Hall–Kier alpha value is -4.00. The molecular formula is C27H28N2O5. The van der Waals surface area contributed by atoms with Gasteiger partial charge < -0.3 is 24.8 Å². The van der Waals surface area contributed by atoms with Gasteiger partial charge in [0.2, 0.25) is 0 Å². The Morgan fingerprint density at radius 2 is 1.85 bits per heavy atom. The molecule has 0 spiro atoms. The van der Waals surface area contributed by atoms with Crippen molar-refractivity contribution in [3.8, 4) is 11.5 Å². The van der Waals surface area contributed by atoms with E-state index in [-0.39, 0.29) is 12.1 Å². The van der Waals surface area contributed by atoms with Crippen molar-refractivity contribution in [1.29, 1.82) is 0 Å². The molecule has 0 bridgehead atoms. The number of urea groups is 1. The van der Waals surface area contributed by atoms with Crippen molar-refractivity contribution in [1.82, 2.24) is 5.32 Å². The zero-order chi connectivity index (χ0) is 23.9. The van der Waals surface area contributed by atoms with Crippen LogP contribution in [-0.2, 0) is 24.2 Å². The average Bonchev–Trinajstić information content (AvgIpc) is 3.22. The Morgan fingerprint density at radius 3 is 2.65 bits per heavy atom. The largest absolute Gasteiger partial charge is 0.490 e. The Labute approximate surface area is 199 Å². The summed E-state index contributed by atoms with van der Waals surface area (Å²) in [5.41, 5.74) is 4.04. The molecule has 176 valence electrons. The van der Waals surface area contributed by atoms with Crippen LogP contribution in [0.3, 0.4) is 0 Å². The second-order valence-electron chi connectivity index (χ2n) is 8.18. The van der Waals surface area contributed by atoms with E-state index in [0.29, 0.717) is 36.6 Å². The predicted octanol–water partition coefficient (Wildman–Crippen LogP) is 4.74. The maximum absolute atomic E-state index is 12.6. The minimum atomic E-state index is -0.493. The number of anilines is 1. The fourth-order valence-corrected chi connectivity index (χ4v) is 3.85. The van der Waals surface area contributed by atoms with Crippen LogP contribution in [0.4, 0.5) is 10.5 Å². The SMILES string of the molecule is COC(=O)c1ccc(OCc2ccccc2)c(NC(=O)NCCc2ccc3c(c2)CC(C)O3)c1. The van der Waals surface area contributed by atoms with Gasteiger partial charge in [-0.15, -0.1) is 0 Å². The lowest BCUT2D eigenvalue weighted by Crippen LogP contribution is -2.30. The van der Waals surface area contributed by atoms with Crippen LogP contribution in [0, 0.1) is 0 Å². The summed E-state index contributed by atoms with van der Waals surface area (Å²) < 4.78 is 16.5. The highest BCUT2D eigenvalue weighted by atomic mass is 16.5. The van der Waals surface area contributed by atoms with Gasteiger partial charge in [-0.05, 0) is 54.3 Å². The maximum Gasteiger partial charge on any atom is 0.337 e. The number of amides is 2. The zero-order valence-electron chi connectivity index (χ0n) is 19.3. The molecule has 1 unspecified atom stereocenters. The van der Waals surface area contributed by atoms with Gasteiger partial charge in [-0.1, -0.05) is 42.5 Å². The third-order valence-electron chi connectivity index (χ3n) is 5.55. The first-order valence-electron chi connectivity index (χ1n) is 11.2. The van der Waals surface area contributed by atoms with Gasteiger partial charge in [0.1, 0.15) is 24.2 Å². The molecule has 1 atom stereocenters. The van der Waals surface area contributed by atoms with Gasteiger partial charge in [0.25, 0.3) is 0 Å². The minimum Gasteiger partial charge on any atom is -0.490 e. The monoisotopic (exact) mass is 460 g/mol. The summed E-state index contributed by atoms with van der Waals surface area (Å²) in [6.07, 6.45) is 1.79. The lowest BCUT2D eigenvalue weighted by Gasteiger charge is -2.14. The highest BCUT2D eigenvalue weighted by molar-refractivity contribution is 5.95. The van der Waals surface area contributed by atoms with Crippen LogP contribution in [0.5, 0.6) is 11.5 Å². The fourth-order valence-electron chi connectivity index (χ4n) is 3.85. The first-order valence-corrected chi connectivity index (χ1v) is 11.2. The highest BCUT2D eigenvalue weighted by Crippen LogP contribution is 2.30. The molecule has 7 heteroatoms. The maximum atomic E-state index is 12.6. The van der Waals surface area contributed by atoms with E-state index in [1.807, 2.05) is 42.5 Å². The molecule has 3 aromatic rings. The topological polar surface area (TPSA) is 85.9 Å². The van der Waals surface area contributed by atoms with Crippen molar-refractivity contribution in [2.24, 2.45) is 0 Å². The molecule has 0 aromatic heterocycles. The van der Waals surface area contributed by atoms with Crippen molar-refractivity contribution in [2.45, 2.75) is 32.5 Å². The first kappa shape index (κ1) is 23.2. The summed E-state index contributed by atoms with van der Waals surface area (Å²) in [6.45, 7) is 2.84. The predicted molar refractivity (Wildman–Crippen MR) is 130 cm³/mol. The van der Waals surface area contributed by atoms with E-state index in [1.165, 1.54) is 12.7 Å². The number of nitrogens with one attached hydrogen (secondary N) is 2. The van der Waals surface area contributed by atoms with E-state index in [2.05, 4.69) is 23.6 Å². The second kappa shape index (κ2) is 10.7. The van der Waals surface area contributed by atoms with Crippen molar-refractivity contribution in [3.05, 3.63) is 89.0 Å². The Morgan fingerprint density at radius 1 is 1.03 bits per heavy atom. The Bertz CT molecular complexity index is 1160. The first-order chi connectivity index (χ1) is 16.5. The van der Waals surface area contributed by atoms with E-state index in [9.17, 15) is 9.59 Å². The number of hydrogen-bond donors (Lipinski definition) is 2. The van der Waals surface area contributed by atoms with E-state index >= 15 is 0 Å². The minimum absolute atomic E-state index is 0.202. The van der Waals surface area contributed by atoms with Crippen molar-refractivity contribution in [3.63, 3.8) is 0 Å². The number of carbonyl (C=O) groups is 2. The molecule has 3 aromatic carbocycles. The van der Waals surface area contributed by atoms with Gasteiger partial charge in [-0.3, -0.25) is 0 Å².